The van der Waals surface area contributed by atoms with Gasteiger partial charge in [0.1, 0.15) is 0 Å². The van der Waals surface area contributed by atoms with Crippen LogP contribution in [0.25, 0.3) is 0 Å². The Kier molecular flexibility index (Phi) is 7.97. The van der Waals surface area contributed by atoms with Crippen molar-refractivity contribution in [1.82, 2.24) is 14.9 Å². The minimum absolute atomic E-state index is 0.106. The summed E-state index contributed by atoms with van der Waals surface area (Å²) in [7, 11) is -2.10. The third-order valence-electron chi connectivity index (χ3n) is 4.77. The second-order valence-electron chi connectivity index (χ2n) is 6.99. The van der Waals surface area contributed by atoms with Crippen molar-refractivity contribution in [2.24, 2.45) is 0 Å². The summed E-state index contributed by atoms with van der Waals surface area (Å²) >= 11 is 0. The first-order valence-electron chi connectivity index (χ1n) is 9.41. The molecule has 8 nitrogen and oxygen atoms in total. The van der Waals surface area contributed by atoms with Crippen LogP contribution >= 0.6 is 0 Å². The highest BCUT2D eigenvalue weighted by Crippen LogP contribution is 2.28. The fraction of sp³-hybridized carbons (Fsp3) is 0.579. The number of nitrogens with one attached hydrogen (secondary N) is 2. The van der Waals surface area contributed by atoms with Crippen LogP contribution in [0.2, 0.25) is 0 Å². The number of nitrogens with zero attached hydrogens (tertiary/aromatic N) is 1. The van der Waals surface area contributed by atoms with Gasteiger partial charge in [0.25, 0.3) is 0 Å². The Morgan fingerprint density at radius 2 is 1.93 bits per heavy atom. The lowest BCUT2D eigenvalue weighted by molar-refractivity contribution is -0.139. The molecule has 0 aliphatic carbocycles. The number of ether oxygens (including phenoxy) is 1. The van der Waals surface area contributed by atoms with Gasteiger partial charge in [-0.05, 0) is 50.3 Å². The van der Waals surface area contributed by atoms with Gasteiger partial charge in [-0.15, -0.1) is 0 Å². The first-order valence-corrected chi connectivity index (χ1v) is 10.9. The Hall–Kier alpha value is -1.97. The number of methoxy groups -OCH3 is 1. The third-order valence-corrected chi connectivity index (χ3v) is 6.86. The van der Waals surface area contributed by atoms with Crippen LogP contribution in [0.4, 0.5) is 0 Å². The van der Waals surface area contributed by atoms with Crippen LogP contribution in [0, 0.1) is 13.8 Å². The molecule has 9 heteroatoms. The van der Waals surface area contributed by atoms with E-state index in [-0.39, 0.29) is 12.6 Å². The maximum absolute atomic E-state index is 13.1. The molecule has 2 amide bonds. The SMILES string of the molecule is COCCCNC(=O)C(=O)NC[C@H]1CCCN1S(=O)(=O)c1cc(C)ccc1C. The zero-order chi connectivity index (χ0) is 20.7. The first kappa shape index (κ1) is 22.3. The molecule has 0 saturated carbocycles. The van der Waals surface area contributed by atoms with Crippen LogP contribution in [-0.4, -0.2) is 63.9 Å². The van der Waals surface area contributed by atoms with Crippen molar-refractivity contribution in [3.8, 4) is 0 Å². The predicted molar refractivity (Wildman–Crippen MR) is 105 cm³/mol. The Morgan fingerprint density at radius 1 is 1.21 bits per heavy atom. The van der Waals surface area contributed by atoms with E-state index in [1.54, 1.807) is 26.2 Å². The Bertz CT molecular complexity index is 810. The van der Waals surface area contributed by atoms with Crippen LogP contribution in [0.5, 0.6) is 0 Å². The van der Waals surface area contributed by atoms with Gasteiger partial charge in [-0.2, -0.15) is 4.31 Å². The number of aryl methyl sites for hydroxylation is 2. The average Bonchev–Trinajstić information content (AvgIpc) is 3.14. The van der Waals surface area contributed by atoms with E-state index in [4.69, 9.17) is 4.74 Å². The predicted octanol–water partition coefficient (Wildman–Crippen LogP) is 0.725. The molecule has 0 aromatic heterocycles. The molecule has 0 radical (unpaired) electrons. The lowest BCUT2D eigenvalue weighted by Gasteiger charge is -2.25. The van der Waals surface area contributed by atoms with E-state index in [1.165, 1.54) is 4.31 Å². The zero-order valence-corrected chi connectivity index (χ0v) is 17.5. The quantitative estimate of drug-likeness (QED) is 0.485. The number of sulfonamides is 1. The average molecular weight is 412 g/mol. The van der Waals surface area contributed by atoms with E-state index >= 15 is 0 Å². The van der Waals surface area contributed by atoms with E-state index in [0.717, 1.165) is 5.56 Å². The standard InChI is InChI=1S/C19H29N3O5S/c1-14-7-8-15(2)17(12-14)28(25,26)22-10-4-6-16(22)13-21-19(24)18(23)20-9-5-11-27-3/h7-8,12,16H,4-6,9-11,13H2,1-3H3,(H,20,23)(H,21,24)/t16-/m1/s1. The van der Waals surface area contributed by atoms with Crippen LogP contribution in [0.1, 0.15) is 30.4 Å². The fourth-order valence-corrected chi connectivity index (χ4v) is 5.23. The van der Waals surface area contributed by atoms with E-state index in [9.17, 15) is 18.0 Å². The molecular formula is C19H29N3O5S. The maximum atomic E-state index is 13.1. The van der Waals surface area contributed by atoms with E-state index < -0.39 is 21.8 Å². The topological polar surface area (TPSA) is 105 Å². The summed E-state index contributed by atoms with van der Waals surface area (Å²) in [5.41, 5.74) is 1.56. The normalized spacial score (nSPS) is 17.5. The number of hydrogen-bond donors (Lipinski definition) is 2. The second kappa shape index (κ2) is 9.99. The summed E-state index contributed by atoms with van der Waals surface area (Å²) in [5, 5.41) is 5.07. The summed E-state index contributed by atoms with van der Waals surface area (Å²) in [6, 6.07) is 4.98. The molecular weight excluding hydrogens is 382 g/mol. The minimum Gasteiger partial charge on any atom is -0.385 e. The highest BCUT2D eigenvalue weighted by Gasteiger charge is 2.36. The van der Waals surface area contributed by atoms with Gasteiger partial charge in [0, 0.05) is 39.4 Å². The molecule has 156 valence electrons. The lowest BCUT2D eigenvalue weighted by atomic mass is 10.2. The van der Waals surface area contributed by atoms with Gasteiger partial charge in [-0.3, -0.25) is 9.59 Å². The van der Waals surface area contributed by atoms with Gasteiger partial charge in [-0.25, -0.2) is 8.42 Å². The van der Waals surface area contributed by atoms with Crippen molar-refractivity contribution >= 4 is 21.8 Å². The minimum atomic E-state index is -3.66. The largest absolute Gasteiger partial charge is 0.385 e. The monoisotopic (exact) mass is 411 g/mol. The molecule has 0 unspecified atom stereocenters. The lowest BCUT2D eigenvalue weighted by Crippen LogP contribution is -2.47. The van der Waals surface area contributed by atoms with Crippen molar-refractivity contribution in [3.05, 3.63) is 29.3 Å². The zero-order valence-electron chi connectivity index (χ0n) is 16.7. The first-order chi connectivity index (χ1) is 13.3. The molecule has 1 aromatic rings. The van der Waals surface area contributed by atoms with Gasteiger partial charge >= 0.3 is 11.8 Å². The Labute approximate surface area is 166 Å². The fourth-order valence-electron chi connectivity index (χ4n) is 3.23. The molecule has 1 heterocycles. The Morgan fingerprint density at radius 3 is 2.64 bits per heavy atom. The summed E-state index contributed by atoms with van der Waals surface area (Å²) < 4.78 is 32.6. The van der Waals surface area contributed by atoms with Crippen LogP contribution < -0.4 is 10.6 Å². The molecule has 2 N–H and O–H groups in total. The van der Waals surface area contributed by atoms with E-state index in [0.29, 0.717) is 49.4 Å². The number of carbonyl (C=O) groups is 2. The van der Waals surface area contributed by atoms with Gasteiger partial charge < -0.3 is 15.4 Å². The van der Waals surface area contributed by atoms with Crippen molar-refractivity contribution in [3.63, 3.8) is 0 Å². The van der Waals surface area contributed by atoms with Crippen LogP contribution in [0.3, 0.4) is 0 Å². The number of carbonyl (C=O) groups excluding carboxylic acids is 2. The molecule has 0 spiro atoms. The number of benzene rings is 1. The van der Waals surface area contributed by atoms with Gasteiger partial charge in [0.2, 0.25) is 10.0 Å². The maximum Gasteiger partial charge on any atom is 0.309 e. The smallest absolute Gasteiger partial charge is 0.309 e. The molecule has 1 saturated heterocycles. The second-order valence-corrected chi connectivity index (χ2v) is 8.85. The molecule has 1 atom stereocenters. The molecule has 2 rings (SSSR count). The van der Waals surface area contributed by atoms with Crippen LogP contribution in [-0.2, 0) is 24.3 Å². The molecule has 1 fully saturated rings. The number of hydrogen-bond acceptors (Lipinski definition) is 5. The van der Waals surface area contributed by atoms with Crippen molar-refractivity contribution in [1.29, 1.82) is 0 Å². The molecule has 1 aliphatic heterocycles. The van der Waals surface area contributed by atoms with Crippen molar-refractivity contribution in [2.45, 2.75) is 44.0 Å². The number of amides is 2. The third kappa shape index (κ3) is 5.52. The molecule has 28 heavy (non-hydrogen) atoms. The van der Waals surface area contributed by atoms with Crippen LogP contribution in [0.15, 0.2) is 23.1 Å². The summed E-state index contributed by atoms with van der Waals surface area (Å²) in [5.74, 6) is -1.48. The molecule has 1 aromatic carbocycles. The molecule has 0 bridgehead atoms. The van der Waals surface area contributed by atoms with Gasteiger partial charge in [0.05, 0.1) is 4.90 Å². The van der Waals surface area contributed by atoms with Crippen molar-refractivity contribution < 1.29 is 22.7 Å². The molecule has 1 aliphatic rings. The summed E-state index contributed by atoms with van der Waals surface area (Å²) in [6.45, 7) is 4.97. The highest BCUT2D eigenvalue weighted by molar-refractivity contribution is 7.89. The van der Waals surface area contributed by atoms with E-state index in [1.807, 2.05) is 13.0 Å². The Balaban J connectivity index is 1.98. The number of rotatable bonds is 8. The summed E-state index contributed by atoms with van der Waals surface area (Å²) in [6.07, 6.45) is 1.97. The van der Waals surface area contributed by atoms with Gasteiger partial charge in [0.15, 0.2) is 0 Å². The summed E-state index contributed by atoms with van der Waals surface area (Å²) in [4.78, 5) is 24.1. The van der Waals surface area contributed by atoms with E-state index in [2.05, 4.69) is 10.6 Å². The van der Waals surface area contributed by atoms with Gasteiger partial charge in [-0.1, -0.05) is 12.1 Å². The highest BCUT2D eigenvalue weighted by atomic mass is 32.2. The van der Waals surface area contributed by atoms with Crippen molar-refractivity contribution in [2.75, 3.05) is 33.4 Å².